The minimum absolute atomic E-state index is 0.580. The van der Waals surface area contributed by atoms with Gasteiger partial charge in [0.15, 0.2) is 11.5 Å². The van der Waals surface area contributed by atoms with E-state index in [1.807, 2.05) is 30.3 Å². The number of fused-ring (bicyclic) bond motifs is 1. The van der Waals surface area contributed by atoms with Gasteiger partial charge in [-0.3, -0.25) is 0 Å². The van der Waals surface area contributed by atoms with E-state index in [4.69, 9.17) is 21.1 Å². The molecule has 1 N–H and O–H groups in total. The third-order valence-corrected chi connectivity index (χ3v) is 4.75. The van der Waals surface area contributed by atoms with E-state index in [9.17, 15) is 0 Å². The largest absolute Gasteiger partial charge is 0.486 e. The fourth-order valence-corrected chi connectivity index (χ4v) is 3.34. The average Bonchev–Trinajstić information content (AvgIpc) is 2.46. The monoisotopic (exact) mass is 431 g/mol. The van der Waals surface area contributed by atoms with Crippen molar-refractivity contribution >= 4 is 49.1 Å². The zero-order chi connectivity index (χ0) is 14.8. The normalized spacial score (nSPS) is 13.1. The van der Waals surface area contributed by atoms with E-state index in [2.05, 4.69) is 37.2 Å². The maximum atomic E-state index is 5.95. The van der Waals surface area contributed by atoms with Gasteiger partial charge in [0.05, 0.1) is 5.69 Å². The quantitative estimate of drug-likeness (QED) is 0.717. The van der Waals surface area contributed by atoms with E-state index >= 15 is 0 Å². The van der Waals surface area contributed by atoms with Crippen LogP contribution in [0.4, 0.5) is 5.69 Å². The van der Waals surface area contributed by atoms with Gasteiger partial charge in [0.2, 0.25) is 0 Å². The van der Waals surface area contributed by atoms with E-state index in [1.165, 1.54) is 0 Å². The fraction of sp³-hybridized carbons (Fsp3) is 0.200. The molecule has 0 bridgehead atoms. The summed E-state index contributed by atoms with van der Waals surface area (Å²) in [6.45, 7) is 1.84. The summed E-state index contributed by atoms with van der Waals surface area (Å²) in [6.07, 6.45) is 0. The molecule has 3 rings (SSSR count). The molecule has 3 nitrogen and oxygen atoms in total. The highest BCUT2D eigenvalue weighted by atomic mass is 79.9. The zero-order valence-electron chi connectivity index (χ0n) is 11.0. The Kier molecular flexibility index (Phi) is 4.62. The highest BCUT2D eigenvalue weighted by Gasteiger charge is 2.14. The molecule has 0 unspecified atom stereocenters. The van der Waals surface area contributed by atoms with Crippen LogP contribution in [0.2, 0.25) is 5.02 Å². The lowest BCUT2D eigenvalue weighted by Crippen LogP contribution is -2.15. The van der Waals surface area contributed by atoms with E-state index in [0.717, 1.165) is 31.7 Å². The lowest BCUT2D eigenvalue weighted by Gasteiger charge is -2.20. The van der Waals surface area contributed by atoms with Crippen molar-refractivity contribution in [2.24, 2.45) is 0 Å². The number of benzene rings is 2. The maximum absolute atomic E-state index is 5.95. The van der Waals surface area contributed by atoms with Crippen LogP contribution in [0.1, 0.15) is 5.56 Å². The van der Waals surface area contributed by atoms with Crippen molar-refractivity contribution in [3.05, 3.63) is 49.9 Å². The molecule has 0 saturated carbocycles. The van der Waals surface area contributed by atoms with Crippen LogP contribution in [0.25, 0.3) is 0 Å². The van der Waals surface area contributed by atoms with Crippen molar-refractivity contribution in [1.29, 1.82) is 0 Å². The van der Waals surface area contributed by atoms with Crippen molar-refractivity contribution < 1.29 is 9.47 Å². The SMILES string of the molecule is Clc1ccc(CNc2cc3c(cc2Br)OCCO3)c(Br)c1. The maximum Gasteiger partial charge on any atom is 0.163 e. The van der Waals surface area contributed by atoms with Crippen LogP contribution in [0.5, 0.6) is 11.5 Å². The number of ether oxygens (including phenoxy) is 2. The Morgan fingerprint density at radius 2 is 1.71 bits per heavy atom. The predicted molar refractivity (Wildman–Crippen MR) is 91.6 cm³/mol. The first-order chi connectivity index (χ1) is 10.1. The van der Waals surface area contributed by atoms with Gasteiger partial charge >= 0.3 is 0 Å². The summed E-state index contributed by atoms with van der Waals surface area (Å²) in [7, 11) is 0. The summed E-state index contributed by atoms with van der Waals surface area (Å²) in [6, 6.07) is 9.63. The molecule has 0 aliphatic carbocycles. The van der Waals surface area contributed by atoms with Gasteiger partial charge in [0.25, 0.3) is 0 Å². The van der Waals surface area contributed by atoms with E-state index < -0.39 is 0 Å². The van der Waals surface area contributed by atoms with Crippen molar-refractivity contribution in [3.8, 4) is 11.5 Å². The van der Waals surface area contributed by atoms with Crippen LogP contribution in [0.15, 0.2) is 39.3 Å². The van der Waals surface area contributed by atoms with E-state index in [-0.39, 0.29) is 0 Å². The molecule has 21 heavy (non-hydrogen) atoms. The lowest BCUT2D eigenvalue weighted by atomic mass is 10.2. The van der Waals surface area contributed by atoms with Gasteiger partial charge in [0.1, 0.15) is 13.2 Å². The molecule has 0 amide bonds. The molecule has 1 heterocycles. The topological polar surface area (TPSA) is 30.5 Å². The Labute approximate surface area is 144 Å². The molecule has 0 atom stereocenters. The number of anilines is 1. The fourth-order valence-electron chi connectivity index (χ4n) is 2.05. The van der Waals surface area contributed by atoms with Crippen molar-refractivity contribution in [2.75, 3.05) is 18.5 Å². The Hall–Kier alpha value is -0.910. The first kappa shape index (κ1) is 15.0. The van der Waals surface area contributed by atoms with Gasteiger partial charge in [-0.2, -0.15) is 0 Å². The van der Waals surface area contributed by atoms with Gasteiger partial charge in [-0.1, -0.05) is 33.6 Å². The summed E-state index contributed by atoms with van der Waals surface area (Å²) in [5, 5.41) is 4.10. The second kappa shape index (κ2) is 6.46. The molecule has 110 valence electrons. The predicted octanol–water partition coefficient (Wildman–Crippen LogP) is 5.25. The third-order valence-electron chi connectivity index (χ3n) is 3.12. The molecule has 0 saturated heterocycles. The van der Waals surface area contributed by atoms with Crippen LogP contribution < -0.4 is 14.8 Å². The van der Waals surface area contributed by atoms with Gasteiger partial charge < -0.3 is 14.8 Å². The van der Waals surface area contributed by atoms with Gasteiger partial charge in [-0.15, -0.1) is 0 Å². The van der Waals surface area contributed by atoms with Crippen LogP contribution in [-0.2, 0) is 6.54 Å². The van der Waals surface area contributed by atoms with Crippen LogP contribution in [0, 0.1) is 0 Å². The minimum atomic E-state index is 0.580. The number of hydrogen-bond donors (Lipinski definition) is 1. The molecule has 2 aromatic rings. The molecule has 2 aromatic carbocycles. The highest BCUT2D eigenvalue weighted by molar-refractivity contribution is 9.11. The standard InChI is InChI=1S/C15H12Br2ClNO2/c16-11-5-10(18)2-1-9(11)8-19-13-7-15-14(6-12(13)17)20-3-4-21-15/h1-2,5-7,19H,3-4,8H2. The lowest BCUT2D eigenvalue weighted by molar-refractivity contribution is 0.171. The molecule has 0 spiro atoms. The molecule has 1 aliphatic rings. The number of hydrogen-bond acceptors (Lipinski definition) is 3. The minimum Gasteiger partial charge on any atom is -0.486 e. The highest BCUT2D eigenvalue weighted by Crippen LogP contribution is 2.38. The molecular weight excluding hydrogens is 421 g/mol. The molecule has 0 radical (unpaired) electrons. The Morgan fingerprint density at radius 1 is 1.00 bits per heavy atom. The summed E-state index contributed by atoms with van der Waals surface area (Å²) in [4.78, 5) is 0. The Bertz CT molecular complexity index is 679. The molecule has 1 aliphatic heterocycles. The summed E-state index contributed by atoms with van der Waals surface area (Å²) in [5.74, 6) is 1.54. The summed E-state index contributed by atoms with van der Waals surface area (Å²) < 4.78 is 13.1. The summed E-state index contributed by atoms with van der Waals surface area (Å²) >= 11 is 13.0. The van der Waals surface area contributed by atoms with E-state index in [0.29, 0.717) is 24.8 Å². The zero-order valence-corrected chi connectivity index (χ0v) is 14.9. The molecule has 0 fully saturated rings. The first-order valence-corrected chi connectivity index (χ1v) is 8.37. The van der Waals surface area contributed by atoms with Crippen LogP contribution in [-0.4, -0.2) is 13.2 Å². The van der Waals surface area contributed by atoms with Gasteiger partial charge in [-0.25, -0.2) is 0 Å². The van der Waals surface area contributed by atoms with Crippen LogP contribution in [0.3, 0.4) is 0 Å². The first-order valence-electron chi connectivity index (χ1n) is 6.40. The Balaban J connectivity index is 1.78. The Morgan fingerprint density at radius 3 is 2.43 bits per heavy atom. The van der Waals surface area contributed by atoms with Gasteiger partial charge in [-0.05, 0) is 33.6 Å². The second-order valence-electron chi connectivity index (χ2n) is 4.56. The molecule has 6 heteroatoms. The van der Waals surface area contributed by atoms with E-state index in [1.54, 1.807) is 0 Å². The average molecular weight is 434 g/mol. The third kappa shape index (κ3) is 3.47. The van der Waals surface area contributed by atoms with Crippen molar-refractivity contribution in [2.45, 2.75) is 6.54 Å². The molecular formula is C15H12Br2ClNO2. The number of nitrogens with one attached hydrogen (secondary N) is 1. The smallest absolute Gasteiger partial charge is 0.163 e. The molecule has 0 aromatic heterocycles. The number of rotatable bonds is 3. The van der Waals surface area contributed by atoms with Crippen LogP contribution >= 0.6 is 43.5 Å². The number of halogens is 3. The van der Waals surface area contributed by atoms with Crippen molar-refractivity contribution in [3.63, 3.8) is 0 Å². The summed E-state index contributed by atoms with van der Waals surface area (Å²) in [5.41, 5.74) is 2.09. The van der Waals surface area contributed by atoms with Crippen molar-refractivity contribution in [1.82, 2.24) is 0 Å². The second-order valence-corrected chi connectivity index (χ2v) is 6.71. The van der Waals surface area contributed by atoms with Gasteiger partial charge in [0, 0.05) is 32.6 Å².